The van der Waals surface area contributed by atoms with Crippen molar-refractivity contribution in [3.05, 3.63) is 35.4 Å². The smallest absolute Gasteiger partial charge is 0.0294 e. The molecule has 0 radical (unpaired) electrons. The summed E-state index contributed by atoms with van der Waals surface area (Å²) in [5.41, 5.74) is 2.88. The highest BCUT2D eigenvalue weighted by molar-refractivity contribution is 5.26. The lowest BCUT2D eigenvalue weighted by Gasteiger charge is -2.27. The van der Waals surface area contributed by atoms with Gasteiger partial charge in [0.15, 0.2) is 0 Å². The SMILES string of the molecule is CC(C)c1ccc(C(C)NC2CC3CCC2C3)cc1. The highest BCUT2D eigenvalue weighted by atomic mass is 15.0. The lowest BCUT2D eigenvalue weighted by molar-refractivity contribution is 0.327. The summed E-state index contributed by atoms with van der Waals surface area (Å²) in [5, 5.41) is 3.88. The highest BCUT2D eigenvalue weighted by Crippen LogP contribution is 2.45. The zero-order valence-electron chi connectivity index (χ0n) is 12.5. The molecule has 1 heteroatoms. The fourth-order valence-electron chi connectivity index (χ4n) is 4.04. The maximum absolute atomic E-state index is 3.88. The van der Waals surface area contributed by atoms with E-state index < -0.39 is 0 Å². The molecular formula is C18H27N. The van der Waals surface area contributed by atoms with Gasteiger partial charge in [0.25, 0.3) is 0 Å². The Labute approximate surface area is 117 Å². The quantitative estimate of drug-likeness (QED) is 0.828. The molecule has 19 heavy (non-hydrogen) atoms. The number of nitrogens with one attached hydrogen (secondary N) is 1. The van der Waals surface area contributed by atoms with Crippen molar-refractivity contribution in [3.8, 4) is 0 Å². The number of hydrogen-bond acceptors (Lipinski definition) is 1. The molecule has 2 fully saturated rings. The van der Waals surface area contributed by atoms with E-state index in [1.165, 1.54) is 36.8 Å². The molecule has 0 aromatic heterocycles. The molecule has 1 nitrogen and oxygen atoms in total. The Hall–Kier alpha value is -0.820. The van der Waals surface area contributed by atoms with Gasteiger partial charge in [-0.05, 0) is 55.1 Å². The lowest BCUT2D eigenvalue weighted by atomic mass is 9.93. The van der Waals surface area contributed by atoms with E-state index in [0.29, 0.717) is 12.0 Å². The third-order valence-electron chi connectivity index (χ3n) is 5.31. The molecule has 1 aromatic rings. The van der Waals surface area contributed by atoms with Crippen LogP contribution in [0.15, 0.2) is 24.3 Å². The predicted molar refractivity (Wildman–Crippen MR) is 81.3 cm³/mol. The topological polar surface area (TPSA) is 12.0 Å². The van der Waals surface area contributed by atoms with Gasteiger partial charge in [-0.15, -0.1) is 0 Å². The molecule has 104 valence electrons. The van der Waals surface area contributed by atoms with Crippen molar-refractivity contribution in [2.45, 2.75) is 64.5 Å². The van der Waals surface area contributed by atoms with Crippen molar-refractivity contribution in [1.82, 2.24) is 5.32 Å². The summed E-state index contributed by atoms with van der Waals surface area (Å²) in [4.78, 5) is 0. The zero-order chi connectivity index (χ0) is 13.4. The Kier molecular flexibility index (Phi) is 3.66. The van der Waals surface area contributed by atoms with E-state index in [2.05, 4.69) is 50.4 Å². The number of fused-ring (bicyclic) bond motifs is 2. The summed E-state index contributed by atoms with van der Waals surface area (Å²) in [6.07, 6.45) is 5.84. The van der Waals surface area contributed by atoms with Gasteiger partial charge in [-0.25, -0.2) is 0 Å². The maximum Gasteiger partial charge on any atom is 0.0294 e. The summed E-state index contributed by atoms with van der Waals surface area (Å²) in [6.45, 7) is 6.83. The minimum Gasteiger partial charge on any atom is -0.307 e. The van der Waals surface area contributed by atoms with Gasteiger partial charge in [0.1, 0.15) is 0 Å². The molecule has 2 aliphatic rings. The summed E-state index contributed by atoms with van der Waals surface area (Å²) >= 11 is 0. The van der Waals surface area contributed by atoms with Gasteiger partial charge >= 0.3 is 0 Å². The molecule has 4 atom stereocenters. The Morgan fingerprint density at radius 2 is 1.63 bits per heavy atom. The van der Waals surface area contributed by atoms with E-state index in [9.17, 15) is 0 Å². The molecule has 2 saturated carbocycles. The number of hydrogen-bond donors (Lipinski definition) is 1. The molecule has 0 aliphatic heterocycles. The Bertz CT molecular complexity index is 420. The van der Waals surface area contributed by atoms with Crippen LogP contribution in [0, 0.1) is 11.8 Å². The van der Waals surface area contributed by atoms with Crippen molar-refractivity contribution in [1.29, 1.82) is 0 Å². The molecule has 0 spiro atoms. The van der Waals surface area contributed by atoms with Crippen LogP contribution in [0.2, 0.25) is 0 Å². The molecule has 2 bridgehead atoms. The van der Waals surface area contributed by atoms with E-state index >= 15 is 0 Å². The molecule has 1 aromatic carbocycles. The number of rotatable bonds is 4. The van der Waals surface area contributed by atoms with Crippen LogP contribution in [0.3, 0.4) is 0 Å². The van der Waals surface area contributed by atoms with Crippen LogP contribution in [0.1, 0.15) is 69.5 Å². The Morgan fingerprint density at radius 3 is 2.16 bits per heavy atom. The van der Waals surface area contributed by atoms with Gasteiger partial charge in [-0.3, -0.25) is 0 Å². The first-order valence-corrected chi connectivity index (χ1v) is 7.99. The lowest BCUT2D eigenvalue weighted by Crippen LogP contribution is -2.35. The van der Waals surface area contributed by atoms with E-state index in [4.69, 9.17) is 0 Å². The summed E-state index contributed by atoms with van der Waals surface area (Å²) in [6, 6.07) is 10.5. The molecule has 0 amide bonds. The maximum atomic E-state index is 3.88. The van der Waals surface area contributed by atoms with Crippen molar-refractivity contribution < 1.29 is 0 Å². The second-order valence-electron chi connectivity index (χ2n) is 6.99. The van der Waals surface area contributed by atoms with Crippen LogP contribution < -0.4 is 5.32 Å². The van der Waals surface area contributed by atoms with Crippen molar-refractivity contribution >= 4 is 0 Å². The summed E-state index contributed by atoms with van der Waals surface area (Å²) < 4.78 is 0. The van der Waals surface area contributed by atoms with Crippen LogP contribution in [-0.2, 0) is 0 Å². The second kappa shape index (κ2) is 5.28. The van der Waals surface area contributed by atoms with Crippen molar-refractivity contribution in [2.75, 3.05) is 0 Å². The van der Waals surface area contributed by atoms with Gasteiger partial charge in [0, 0.05) is 12.1 Å². The highest BCUT2D eigenvalue weighted by Gasteiger charge is 2.39. The van der Waals surface area contributed by atoms with Crippen LogP contribution in [-0.4, -0.2) is 6.04 Å². The Morgan fingerprint density at radius 1 is 0.947 bits per heavy atom. The molecule has 2 aliphatic carbocycles. The first-order chi connectivity index (χ1) is 9.13. The van der Waals surface area contributed by atoms with Gasteiger partial charge < -0.3 is 5.32 Å². The van der Waals surface area contributed by atoms with Gasteiger partial charge in [0.05, 0.1) is 0 Å². The monoisotopic (exact) mass is 257 g/mol. The van der Waals surface area contributed by atoms with Crippen LogP contribution in [0.5, 0.6) is 0 Å². The van der Waals surface area contributed by atoms with Crippen LogP contribution >= 0.6 is 0 Å². The minimum atomic E-state index is 0.491. The first kappa shape index (κ1) is 13.2. The molecule has 1 N–H and O–H groups in total. The fraction of sp³-hybridized carbons (Fsp3) is 0.667. The van der Waals surface area contributed by atoms with E-state index in [0.717, 1.165) is 17.9 Å². The normalized spacial score (nSPS) is 31.1. The molecular weight excluding hydrogens is 230 g/mol. The summed E-state index contributed by atoms with van der Waals surface area (Å²) in [5.74, 6) is 2.61. The third kappa shape index (κ3) is 2.72. The van der Waals surface area contributed by atoms with Gasteiger partial charge in [-0.2, -0.15) is 0 Å². The minimum absolute atomic E-state index is 0.491. The zero-order valence-corrected chi connectivity index (χ0v) is 12.5. The average Bonchev–Trinajstić information content (AvgIpc) is 3.01. The van der Waals surface area contributed by atoms with Gasteiger partial charge in [0.2, 0.25) is 0 Å². The largest absolute Gasteiger partial charge is 0.307 e. The first-order valence-electron chi connectivity index (χ1n) is 7.99. The molecule has 0 saturated heterocycles. The molecule has 4 unspecified atom stereocenters. The van der Waals surface area contributed by atoms with Crippen molar-refractivity contribution in [3.63, 3.8) is 0 Å². The van der Waals surface area contributed by atoms with Crippen LogP contribution in [0.25, 0.3) is 0 Å². The molecule has 0 heterocycles. The van der Waals surface area contributed by atoms with Gasteiger partial charge in [-0.1, -0.05) is 44.5 Å². The Balaban J connectivity index is 1.62. The predicted octanol–water partition coefficient (Wildman–Crippen LogP) is 4.65. The van der Waals surface area contributed by atoms with Crippen LogP contribution in [0.4, 0.5) is 0 Å². The third-order valence-corrected chi connectivity index (χ3v) is 5.31. The molecule has 3 rings (SSSR count). The standard InChI is InChI=1S/C18H27N/c1-12(2)15-6-8-16(9-7-15)13(3)19-18-11-14-4-5-17(18)10-14/h6-9,12-14,17-19H,4-5,10-11H2,1-3H3. The number of benzene rings is 1. The van der Waals surface area contributed by atoms with Crippen molar-refractivity contribution in [2.24, 2.45) is 11.8 Å². The van der Waals surface area contributed by atoms with E-state index in [-0.39, 0.29) is 0 Å². The summed E-state index contributed by atoms with van der Waals surface area (Å²) in [7, 11) is 0. The van der Waals surface area contributed by atoms with E-state index in [1.807, 2.05) is 0 Å². The average molecular weight is 257 g/mol. The fourth-order valence-corrected chi connectivity index (χ4v) is 4.04. The second-order valence-corrected chi connectivity index (χ2v) is 6.99. The van der Waals surface area contributed by atoms with E-state index in [1.54, 1.807) is 0 Å².